The van der Waals surface area contributed by atoms with E-state index >= 15 is 0 Å². The Kier molecular flexibility index (Phi) is 2.76. The van der Waals surface area contributed by atoms with Gasteiger partial charge in [-0.15, -0.1) is 0 Å². The minimum absolute atomic E-state index is 1.47. The minimum atomic E-state index is 1.47. The lowest BCUT2D eigenvalue weighted by Gasteiger charge is -1.97. The van der Waals surface area contributed by atoms with Crippen LogP contribution in [0.4, 0.5) is 0 Å². The summed E-state index contributed by atoms with van der Waals surface area (Å²) in [5.74, 6) is 0. The van der Waals surface area contributed by atoms with Crippen LogP contribution in [0.1, 0.15) is 6.92 Å². The topological polar surface area (TPSA) is 6.25 Å². The quantitative estimate of drug-likeness (QED) is 0.282. The maximum atomic E-state index is 5.50. The molecule has 0 aliphatic heterocycles. The first-order valence-electron chi connectivity index (χ1n) is 2.10. The number of hydrogen-bond donors (Lipinski definition) is 0. The number of rotatable bonds is 1. The number of hydrogen-bond acceptors (Lipinski definition) is 1. The third-order valence-electron chi connectivity index (χ3n) is 0.595. The zero-order chi connectivity index (χ0) is 5.86. The molecule has 0 rings (SSSR count). The van der Waals surface area contributed by atoms with Gasteiger partial charge >= 0.3 is 0 Å². The van der Waals surface area contributed by atoms with E-state index in [4.69, 9.17) is 11.8 Å². The van der Waals surface area contributed by atoms with E-state index in [1.165, 1.54) is 4.20 Å². The van der Waals surface area contributed by atoms with Crippen molar-refractivity contribution in [1.82, 2.24) is 5.01 Å². The first-order chi connectivity index (χ1) is 3.18. The van der Waals surface area contributed by atoms with Crippen LogP contribution in [0.5, 0.6) is 0 Å². The molecular formula is C4H10ClN2+. The summed E-state index contributed by atoms with van der Waals surface area (Å²) in [6, 6.07) is 0. The third kappa shape index (κ3) is 2.45. The Morgan fingerprint density at radius 2 is 2.00 bits per heavy atom. The Morgan fingerprint density at radius 3 is 2.00 bits per heavy atom. The van der Waals surface area contributed by atoms with Gasteiger partial charge in [0, 0.05) is 6.92 Å². The summed E-state index contributed by atoms with van der Waals surface area (Å²) in [4.78, 5) is 0. The molecule has 0 amide bonds. The smallest absolute Gasteiger partial charge is 0.172 e. The highest BCUT2D eigenvalue weighted by atomic mass is 35.5. The maximum Gasteiger partial charge on any atom is 0.295 e. The van der Waals surface area contributed by atoms with Gasteiger partial charge in [-0.05, 0) is 4.20 Å². The molecule has 3 heteroatoms. The third-order valence-corrected chi connectivity index (χ3v) is 1.09. The zero-order valence-corrected chi connectivity index (χ0v) is 5.61. The van der Waals surface area contributed by atoms with E-state index in [1.54, 1.807) is 11.2 Å². The van der Waals surface area contributed by atoms with E-state index in [-0.39, 0.29) is 0 Å². The fourth-order valence-electron chi connectivity index (χ4n) is 0.231. The fraction of sp³-hybridized carbons (Fsp3) is 0.750. The molecule has 0 spiro atoms. The molecule has 0 unspecified atom stereocenters. The molecule has 7 heavy (non-hydrogen) atoms. The molecule has 0 fully saturated rings. The Hall–Kier alpha value is -0.240. The largest absolute Gasteiger partial charge is 0.295 e. The number of nitrogens with zero attached hydrogens (tertiary/aromatic N) is 2. The lowest BCUT2D eigenvalue weighted by atomic mass is 10.9. The number of hydrazone groups is 1. The monoisotopic (exact) mass is 121 g/mol. The molecule has 0 saturated heterocycles. The molecule has 0 aromatic heterocycles. The summed E-state index contributed by atoms with van der Waals surface area (Å²) in [6.45, 7) is 1.87. The van der Waals surface area contributed by atoms with Crippen LogP contribution in [-0.4, -0.2) is 29.5 Å². The van der Waals surface area contributed by atoms with Gasteiger partial charge in [-0.1, -0.05) is 0 Å². The maximum absolute atomic E-state index is 5.50. The Morgan fingerprint density at radius 1 is 1.57 bits per heavy atom. The summed E-state index contributed by atoms with van der Waals surface area (Å²) in [5, 5.41) is 1.77. The highest BCUT2D eigenvalue weighted by Crippen LogP contribution is 1.80. The first-order valence-corrected chi connectivity index (χ1v) is 2.44. The summed E-state index contributed by atoms with van der Waals surface area (Å²) < 4.78 is 1.47. The Labute approximate surface area is 49.1 Å². The van der Waals surface area contributed by atoms with Crippen molar-refractivity contribution in [3.8, 4) is 0 Å². The van der Waals surface area contributed by atoms with Gasteiger partial charge in [0.2, 0.25) is 0 Å². The summed E-state index contributed by atoms with van der Waals surface area (Å²) in [7, 11) is 3.74. The van der Waals surface area contributed by atoms with E-state index in [0.717, 1.165) is 0 Å². The predicted molar refractivity (Wildman–Crippen MR) is 31.5 cm³/mol. The molecule has 42 valence electrons. The molecule has 2 nitrogen and oxygen atoms in total. The molecule has 0 N–H and O–H groups in total. The van der Waals surface area contributed by atoms with Gasteiger partial charge in [0.15, 0.2) is 6.21 Å². The van der Waals surface area contributed by atoms with Crippen molar-refractivity contribution < 1.29 is 4.20 Å². The average molecular weight is 122 g/mol. The molecule has 0 saturated carbocycles. The Bertz CT molecular complexity index is 77.8. The lowest BCUT2D eigenvalue weighted by molar-refractivity contribution is -0.551. The second kappa shape index (κ2) is 2.86. The SMILES string of the molecule is CC=[N+](Cl)N(C)C. The molecule has 0 aromatic carbocycles. The summed E-state index contributed by atoms with van der Waals surface area (Å²) >= 11 is 5.50. The fourth-order valence-corrected chi connectivity index (χ4v) is 0.231. The molecule has 0 atom stereocenters. The van der Waals surface area contributed by atoms with Crippen molar-refractivity contribution in [1.29, 1.82) is 0 Å². The zero-order valence-electron chi connectivity index (χ0n) is 4.85. The van der Waals surface area contributed by atoms with Gasteiger partial charge in [-0.25, -0.2) is 0 Å². The van der Waals surface area contributed by atoms with Crippen molar-refractivity contribution in [3.05, 3.63) is 0 Å². The first kappa shape index (κ1) is 6.76. The Balaban J connectivity index is 3.56. The van der Waals surface area contributed by atoms with E-state index < -0.39 is 0 Å². The molecular weight excluding hydrogens is 112 g/mol. The van der Waals surface area contributed by atoms with Crippen molar-refractivity contribution >= 4 is 18.0 Å². The van der Waals surface area contributed by atoms with Gasteiger partial charge in [0.05, 0.1) is 14.1 Å². The van der Waals surface area contributed by atoms with E-state index in [9.17, 15) is 0 Å². The molecule has 0 aliphatic carbocycles. The molecule has 0 aromatic rings. The average Bonchev–Trinajstić information content (AvgIpc) is 1.65. The van der Waals surface area contributed by atoms with Crippen LogP contribution in [0.2, 0.25) is 0 Å². The van der Waals surface area contributed by atoms with Crippen molar-refractivity contribution in [2.24, 2.45) is 0 Å². The van der Waals surface area contributed by atoms with Crippen LogP contribution in [0.25, 0.3) is 0 Å². The van der Waals surface area contributed by atoms with Gasteiger partial charge in [0.1, 0.15) is 0 Å². The van der Waals surface area contributed by atoms with Crippen LogP contribution in [0.15, 0.2) is 0 Å². The highest BCUT2D eigenvalue weighted by molar-refractivity contribution is 6.06. The van der Waals surface area contributed by atoms with Gasteiger partial charge in [0.25, 0.3) is 11.8 Å². The van der Waals surface area contributed by atoms with Crippen LogP contribution in [-0.2, 0) is 0 Å². The number of hydrazine groups is 1. The van der Waals surface area contributed by atoms with Crippen molar-refractivity contribution in [2.45, 2.75) is 6.92 Å². The highest BCUT2D eigenvalue weighted by Gasteiger charge is 1.95. The molecule has 0 aliphatic rings. The molecule has 0 bridgehead atoms. The lowest BCUT2D eigenvalue weighted by Crippen LogP contribution is -2.19. The summed E-state index contributed by atoms with van der Waals surface area (Å²) in [6.07, 6.45) is 1.77. The standard InChI is InChI=1S/C4H10ClN2/c1-4-7(5)6(2)3/h4H,1-3H3/q+1. The molecule has 0 radical (unpaired) electrons. The van der Waals surface area contributed by atoms with Gasteiger partial charge in [-0.3, -0.25) is 0 Å². The predicted octanol–water partition coefficient (Wildman–Crippen LogP) is 0.720. The normalized spacial score (nSPS) is 11.7. The van der Waals surface area contributed by atoms with E-state index in [0.29, 0.717) is 0 Å². The molecule has 0 heterocycles. The van der Waals surface area contributed by atoms with Crippen LogP contribution >= 0.6 is 11.8 Å². The minimum Gasteiger partial charge on any atom is -0.172 e. The van der Waals surface area contributed by atoms with E-state index in [2.05, 4.69) is 0 Å². The van der Waals surface area contributed by atoms with E-state index in [1.807, 2.05) is 21.0 Å². The number of halogens is 1. The summed E-state index contributed by atoms with van der Waals surface area (Å²) in [5.41, 5.74) is 0. The van der Waals surface area contributed by atoms with Crippen LogP contribution in [0.3, 0.4) is 0 Å². The van der Waals surface area contributed by atoms with Gasteiger partial charge < -0.3 is 0 Å². The van der Waals surface area contributed by atoms with Crippen molar-refractivity contribution in [2.75, 3.05) is 14.1 Å². The van der Waals surface area contributed by atoms with Crippen LogP contribution < -0.4 is 0 Å². The van der Waals surface area contributed by atoms with Crippen molar-refractivity contribution in [3.63, 3.8) is 0 Å². The second-order valence-corrected chi connectivity index (χ2v) is 1.74. The van der Waals surface area contributed by atoms with Crippen LogP contribution in [0, 0.1) is 0 Å². The second-order valence-electron chi connectivity index (χ2n) is 1.39. The van der Waals surface area contributed by atoms with Gasteiger partial charge in [-0.2, -0.15) is 5.01 Å².